The summed E-state index contributed by atoms with van der Waals surface area (Å²) < 4.78 is 5.21. The highest BCUT2D eigenvalue weighted by Gasteiger charge is 2.25. The Morgan fingerprint density at radius 1 is 1.65 bits per heavy atom. The normalized spacial score (nSPS) is 21.3. The first-order valence-corrected chi connectivity index (χ1v) is 6.94. The van der Waals surface area contributed by atoms with Crippen LogP contribution in [0.25, 0.3) is 0 Å². The van der Waals surface area contributed by atoms with E-state index in [-0.39, 0.29) is 6.04 Å². The molecule has 1 aromatic heterocycles. The Labute approximate surface area is 105 Å². The van der Waals surface area contributed by atoms with Gasteiger partial charge in [-0.25, -0.2) is 0 Å². The fourth-order valence-corrected chi connectivity index (χ4v) is 2.99. The smallest absolute Gasteiger partial charge is 0.226 e. The zero-order chi connectivity index (χ0) is 12.1. The number of hydrogen-bond donors (Lipinski definition) is 0. The minimum Gasteiger partial charge on any atom is -0.339 e. The van der Waals surface area contributed by atoms with Crippen molar-refractivity contribution in [3.8, 4) is 6.07 Å². The van der Waals surface area contributed by atoms with Crippen LogP contribution in [-0.2, 0) is 6.42 Å². The number of aryl methyl sites for hydroxylation is 1. The van der Waals surface area contributed by atoms with Crippen LogP contribution in [0.15, 0.2) is 4.52 Å². The molecule has 1 aliphatic heterocycles. The molecule has 1 aliphatic rings. The number of thioether (sulfide) groups is 1. The van der Waals surface area contributed by atoms with E-state index in [1.54, 1.807) is 0 Å². The van der Waals surface area contributed by atoms with E-state index >= 15 is 0 Å². The van der Waals surface area contributed by atoms with Gasteiger partial charge in [0.1, 0.15) is 0 Å². The molecule has 6 heteroatoms. The molecule has 1 fully saturated rings. The summed E-state index contributed by atoms with van der Waals surface area (Å²) in [5.41, 5.74) is 0. The summed E-state index contributed by atoms with van der Waals surface area (Å²) in [6, 6.07) is 2.38. The molecule has 0 aromatic carbocycles. The fourth-order valence-electron chi connectivity index (χ4n) is 1.78. The quantitative estimate of drug-likeness (QED) is 0.759. The van der Waals surface area contributed by atoms with E-state index < -0.39 is 0 Å². The van der Waals surface area contributed by atoms with Gasteiger partial charge in [-0.3, -0.25) is 4.90 Å². The van der Waals surface area contributed by atoms with E-state index in [2.05, 4.69) is 28.2 Å². The molecule has 5 nitrogen and oxygen atoms in total. The second-order valence-corrected chi connectivity index (χ2v) is 5.28. The zero-order valence-corrected chi connectivity index (χ0v) is 10.7. The first-order valence-electron chi connectivity index (χ1n) is 5.78. The summed E-state index contributed by atoms with van der Waals surface area (Å²) in [6.07, 6.45) is 2.02. The summed E-state index contributed by atoms with van der Waals surface area (Å²) in [5, 5.41) is 12.5. The average molecular weight is 252 g/mol. The summed E-state index contributed by atoms with van der Waals surface area (Å²) in [4.78, 5) is 6.68. The van der Waals surface area contributed by atoms with E-state index in [0.717, 1.165) is 24.5 Å². The molecular formula is C11H16N4OS. The van der Waals surface area contributed by atoms with Gasteiger partial charge >= 0.3 is 0 Å². The summed E-state index contributed by atoms with van der Waals surface area (Å²) in [6.45, 7) is 1.06. The third-order valence-corrected chi connectivity index (χ3v) is 3.88. The van der Waals surface area contributed by atoms with Gasteiger partial charge in [-0.05, 0) is 13.5 Å². The van der Waals surface area contributed by atoms with Crippen molar-refractivity contribution in [2.75, 3.05) is 25.1 Å². The largest absolute Gasteiger partial charge is 0.339 e. The Morgan fingerprint density at radius 3 is 3.29 bits per heavy atom. The average Bonchev–Trinajstić information content (AvgIpc) is 2.79. The van der Waals surface area contributed by atoms with Gasteiger partial charge in [-0.15, -0.1) is 0 Å². The number of aromatic nitrogens is 2. The van der Waals surface area contributed by atoms with Crippen molar-refractivity contribution in [3.63, 3.8) is 0 Å². The molecule has 0 amide bonds. The van der Waals surface area contributed by atoms with Crippen molar-refractivity contribution < 1.29 is 4.52 Å². The van der Waals surface area contributed by atoms with E-state index in [1.807, 2.05) is 11.8 Å². The molecule has 17 heavy (non-hydrogen) atoms. The topological polar surface area (TPSA) is 66.0 Å². The van der Waals surface area contributed by atoms with Crippen LogP contribution in [0, 0.1) is 11.3 Å². The first-order chi connectivity index (χ1) is 8.31. The fraction of sp³-hybridized carbons (Fsp3) is 0.727. The van der Waals surface area contributed by atoms with E-state index in [4.69, 9.17) is 9.78 Å². The predicted molar refractivity (Wildman–Crippen MR) is 65.5 cm³/mol. The molecule has 0 N–H and O–H groups in total. The Morgan fingerprint density at radius 2 is 2.53 bits per heavy atom. The van der Waals surface area contributed by atoms with Gasteiger partial charge < -0.3 is 4.52 Å². The van der Waals surface area contributed by atoms with Gasteiger partial charge in [0.05, 0.1) is 12.1 Å². The molecule has 0 radical (unpaired) electrons. The highest BCUT2D eigenvalue weighted by molar-refractivity contribution is 7.99. The number of nitrogens with zero attached hydrogens (tertiary/aromatic N) is 4. The van der Waals surface area contributed by atoms with Gasteiger partial charge in [0.2, 0.25) is 5.89 Å². The lowest BCUT2D eigenvalue weighted by molar-refractivity contribution is 0.256. The lowest BCUT2D eigenvalue weighted by Gasteiger charge is -2.29. The van der Waals surface area contributed by atoms with Crippen LogP contribution in [0.5, 0.6) is 0 Å². The van der Waals surface area contributed by atoms with Gasteiger partial charge in [-0.1, -0.05) is 5.16 Å². The lowest BCUT2D eigenvalue weighted by Crippen LogP contribution is -2.33. The van der Waals surface area contributed by atoms with Crippen LogP contribution in [-0.4, -0.2) is 40.1 Å². The number of unbranched alkanes of at least 4 members (excludes halogenated alkanes) is 1. The van der Waals surface area contributed by atoms with Crippen LogP contribution < -0.4 is 0 Å². The first kappa shape index (κ1) is 12.4. The van der Waals surface area contributed by atoms with Crippen molar-refractivity contribution >= 4 is 11.8 Å². The standard InChI is InChI=1S/C11H16N4OS/c1-15-6-7-17-8-9(15)11-13-10(16-14-11)4-2-3-5-12/h9H,2-4,6-8H2,1H3. The molecular weight excluding hydrogens is 236 g/mol. The monoisotopic (exact) mass is 252 g/mol. The SMILES string of the molecule is CN1CCSCC1c1noc(CCCC#N)n1. The Hall–Kier alpha value is -1.06. The molecule has 1 aromatic rings. The lowest BCUT2D eigenvalue weighted by atomic mass is 10.2. The van der Waals surface area contributed by atoms with Crippen molar-refractivity contribution in [2.24, 2.45) is 0 Å². The summed E-state index contributed by atoms with van der Waals surface area (Å²) in [5.74, 6) is 3.62. The van der Waals surface area contributed by atoms with Crippen molar-refractivity contribution in [1.29, 1.82) is 5.26 Å². The van der Waals surface area contributed by atoms with Crippen LogP contribution in [0.3, 0.4) is 0 Å². The predicted octanol–water partition coefficient (Wildman–Crippen LogP) is 1.64. The van der Waals surface area contributed by atoms with Gasteiger partial charge in [0.15, 0.2) is 5.82 Å². The second kappa shape index (κ2) is 6.03. The van der Waals surface area contributed by atoms with Crippen LogP contribution in [0.2, 0.25) is 0 Å². The van der Waals surface area contributed by atoms with Crippen LogP contribution >= 0.6 is 11.8 Å². The molecule has 1 atom stereocenters. The molecule has 0 bridgehead atoms. The van der Waals surface area contributed by atoms with Crippen molar-refractivity contribution in [1.82, 2.24) is 15.0 Å². The summed E-state index contributed by atoms with van der Waals surface area (Å²) in [7, 11) is 2.09. The zero-order valence-electron chi connectivity index (χ0n) is 9.93. The third-order valence-electron chi connectivity index (χ3n) is 2.86. The number of rotatable bonds is 4. The maximum Gasteiger partial charge on any atom is 0.226 e. The molecule has 1 saturated heterocycles. The Bertz CT molecular complexity index is 400. The molecule has 2 heterocycles. The minimum absolute atomic E-state index is 0.266. The van der Waals surface area contributed by atoms with Gasteiger partial charge in [0.25, 0.3) is 0 Å². The second-order valence-electron chi connectivity index (χ2n) is 4.13. The van der Waals surface area contributed by atoms with E-state index in [9.17, 15) is 0 Å². The van der Waals surface area contributed by atoms with Crippen molar-refractivity contribution in [2.45, 2.75) is 25.3 Å². The maximum atomic E-state index is 8.46. The molecule has 2 rings (SSSR count). The highest BCUT2D eigenvalue weighted by atomic mass is 32.2. The Kier molecular flexibility index (Phi) is 4.40. The minimum atomic E-state index is 0.266. The molecule has 0 saturated carbocycles. The molecule has 0 spiro atoms. The maximum absolute atomic E-state index is 8.46. The van der Waals surface area contributed by atoms with Gasteiger partial charge in [0, 0.05) is 30.9 Å². The third kappa shape index (κ3) is 3.20. The molecule has 0 aliphatic carbocycles. The van der Waals surface area contributed by atoms with Crippen LogP contribution in [0.4, 0.5) is 0 Å². The van der Waals surface area contributed by atoms with Crippen LogP contribution in [0.1, 0.15) is 30.6 Å². The number of hydrogen-bond acceptors (Lipinski definition) is 6. The molecule has 92 valence electrons. The Balaban J connectivity index is 1.95. The highest BCUT2D eigenvalue weighted by Crippen LogP contribution is 2.26. The van der Waals surface area contributed by atoms with E-state index in [1.165, 1.54) is 5.75 Å². The van der Waals surface area contributed by atoms with E-state index in [0.29, 0.717) is 18.7 Å². The van der Waals surface area contributed by atoms with Crippen molar-refractivity contribution in [3.05, 3.63) is 11.7 Å². The number of nitriles is 1. The molecule has 1 unspecified atom stereocenters. The summed E-state index contributed by atoms with van der Waals surface area (Å²) >= 11 is 1.93. The van der Waals surface area contributed by atoms with Gasteiger partial charge in [-0.2, -0.15) is 22.0 Å².